The van der Waals surface area contributed by atoms with E-state index in [1.54, 1.807) is 0 Å². The first-order valence-corrected chi connectivity index (χ1v) is 7.61. The minimum Gasteiger partial charge on any atom is -0.381 e. The maximum absolute atomic E-state index is 12.8. The standard InChI is InChI=1S/C16H22N4O2/c1-4-22-11-12-9-20(10-15-13(12)8-17-19(15)3)16(21)14-6-5-7-18(14)2/h5-8,12H,4,9-11H2,1-3H3. The fourth-order valence-corrected chi connectivity index (χ4v) is 3.03. The van der Waals surface area contributed by atoms with E-state index in [0.29, 0.717) is 32.0 Å². The van der Waals surface area contributed by atoms with Gasteiger partial charge in [0.2, 0.25) is 0 Å². The van der Waals surface area contributed by atoms with Gasteiger partial charge in [-0.1, -0.05) is 0 Å². The molecule has 2 aromatic rings. The van der Waals surface area contributed by atoms with Crippen LogP contribution in [0.3, 0.4) is 0 Å². The molecule has 2 aromatic heterocycles. The summed E-state index contributed by atoms with van der Waals surface area (Å²) in [4.78, 5) is 14.7. The average molecular weight is 302 g/mol. The normalized spacial score (nSPS) is 17.6. The lowest BCUT2D eigenvalue weighted by Gasteiger charge is -2.33. The van der Waals surface area contributed by atoms with Crippen molar-refractivity contribution in [2.75, 3.05) is 19.8 Å². The SMILES string of the molecule is CCOCC1CN(C(=O)c2cccn2C)Cc2c1cnn2C. The number of rotatable bonds is 4. The second-order valence-electron chi connectivity index (χ2n) is 5.72. The van der Waals surface area contributed by atoms with Gasteiger partial charge in [0, 0.05) is 44.9 Å². The minimum absolute atomic E-state index is 0.0563. The van der Waals surface area contributed by atoms with Crippen molar-refractivity contribution in [2.24, 2.45) is 14.1 Å². The van der Waals surface area contributed by atoms with E-state index in [1.807, 2.05) is 59.7 Å². The second-order valence-corrected chi connectivity index (χ2v) is 5.72. The van der Waals surface area contributed by atoms with Crippen LogP contribution in [0.1, 0.15) is 34.6 Å². The fraction of sp³-hybridized carbons (Fsp3) is 0.500. The van der Waals surface area contributed by atoms with Gasteiger partial charge in [-0.25, -0.2) is 0 Å². The number of aryl methyl sites for hydroxylation is 2. The van der Waals surface area contributed by atoms with Gasteiger partial charge in [-0.05, 0) is 19.1 Å². The maximum atomic E-state index is 12.8. The van der Waals surface area contributed by atoms with E-state index in [0.717, 1.165) is 5.69 Å². The summed E-state index contributed by atoms with van der Waals surface area (Å²) in [5, 5.41) is 4.35. The average Bonchev–Trinajstić information content (AvgIpc) is 3.10. The topological polar surface area (TPSA) is 52.3 Å². The lowest BCUT2D eigenvalue weighted by Crippen LogP contribution is -2.40. The number of carbonyl (C=O) groups is 1. The van der Waals surface area contributed by atoms with Crippen LogP contribution in [-0.4, -0.2) is 44.9 Å². The molecule has 0 saturated carbocycles. The molecular formula is C16H22N4O2. The van der Waals surface area contributed by atoms with Crippen LogP contribution in [0, 0.1) is 0 Å². The molecule has 3 heterocycles. The first kappa shape index (κ1) is 14.8. The van der Waals surface area contributed by atoms with E-state index in [2.05, 4.69) is 5.10 Å². The first-order chi connectivity index (χ1) is 10.6. The number of nitrogens with zero attached hydrogens (tertiary/aromatic N) is 4. The van der Waals surface area contributed by atoms with Gasteiger partial charge >= 0.3 is 0 Å². The Morgan fingerprint density at radius 1 is 1.45 bits per heavy atom. The van der Waals surface area contributed by atoms with Crippen LogP contribution in [0.4, 0.5) is 0 Å². The molecular weight excluding hydrogens is 280 g/mol. The molecule has 0 aromatic carbocycles. The number of amides is 1. The Morgan fingerprint density at radius 2 is 2.27 bits per heavy atom. The maximum Gasteiger partial charge on any atom is 0.270 e. The molecule has 0 spiro atoms. The monoisotopic (exact) mass is 302 g/mol. The van der Waals surface area contributed by atoms with Crippen molar-refractivity contribution >= 4 is 5.91 Å². The summed E-state index contributed by atoms with van der Waals surface area (Å²) in [5.41, 5.74) is 3.01. The number of hydrogen-bond acceptors (Lipinski definition) is 3. The van der Waals surface area contributed by atoms with E-state index in [-0.39, 0.29) is 11.8 Å². The highest BCUT2D eigenvalue weighted by Crippen LogP contribution is 2.29. The second kappa shape index (κ2) is 5.96. The number of aromatic nitrogens is 3. The molecule has 6 nitrogen and oxygen atoms in total. The molecule has 1 unspecified atom stereocenters. The molecule has 0 fully saturated rings. The largest absolute Gasteiger partial charge is 0.381 e. The molecule has 0 aliphatic carbocycles. The summed E-state index contributed by atoms with van der Waals surface area (Å²) in [6, 6.07) is 3.75. The summed E-state index contributed by atoms with van der Waals surface area (Å²) >= 11 is 0. The van der Waals surface area contributed by atoms with Crippen LogP contribution in [0.5, 0.6) is 0 Å². The van der Waals surface area contributed by atoms with E-state index >= 15 is 0 Å². The van der Waals surface area contributed by atoms with Crippen LogP contribution in [-0.2, 0) is 25.4 Å². The molecule has 0 radical (unpaired) electrons. The molecule has 0 bridgehead atoms. The van der Waals surface area contributed by atoms with Gasteiger partial charge in [0.1, 0.15) is 5.69 Å². The third kappa shape index (κ3) is 2.54. The zero-order valence-electron chi connectivity index (χ0n) is 13.3. The number of ether oxygens (including phenoxy) is 1. The quantitative estimate of drug-likeness (QED) is 0.861. The zero-order chi connectivity index (χ0) is 15.7. The molecule has 0 saturated heterocycles. The smallest absolute Gasteiger partial charge is 0.270 e. The Morgan fingerprint density at radius 3 is 2.95 bits per heavy atom. The Bertz CT molecular complexity index is 673. The molecule has 1 aliphatic rings. The van der Waals surface area contributed by atoms with Gasteiger partial charge in [-0.2, -0.15) is 5.10 Å². The van der Waals surface area contributed by atoms with Crippen molar-refractivity contribution in [3.05, 3.63) is 41.5 Å². The van der Waals surface area contributed by atoms with Crippen molar-refractivity contribution in [3.63, 3.8) is 0 Å². The van der Waals surface area contributed by atoms with Crippen molar-refractivity contribution in [1.29, 1.82) is 0 Å². The summed E-state index contributed by atoms with van der Waals surface area (Å²) in [6.45, 7) is 4.55. The van der Waals surface area contributed by atoms with Crippen LogP contribution >= 0.6 is 0 Å². The lowest BCUT2D eigenvalue weighted by atomic mass is 9.95. The highest BCUT2D eigenvalue weighted by molar-refractivity contribution is 5.93. The lowest BCUT2D eigenvalue weighted by molar-refractivity contribution is 0.0640. The van der Waals surface area contributed by atoms with Gasteiger partial charge in [0.25, 0.3) is 5.91 Å². The number of hydrogen-bond donors (Lipinski definition) is 0. The fourth-order valence-electron chi connectivity index (χ4n) is 3.03. The molecule has 1 aliphatic heterocycles. The summed E-state index contributed by atoms with van der Waals surface area (Å²) in [5.74, 6) is 0.238. The highest BCUT2D eigenvalue weighted by Gasteiger charge is 2.31. The van der Waals surface area contributed by atoms with Crippen molar-refractivity contribution in [3.8, 4) is 0 Å². The van der Waals surface area contributed by atoms with Crippen molar-refractivity contribution in [2.45, 2.75) is 19.4 Å². The van der Waals surface area contributed by atoms with Gasteiger partial charge in [0.15, 0.2) is 0 Å². The van der Waals surface area contributed by atoms with E-state index in [4.69, 9.17) is 4.74 Å². The van der Waals surface area contributed by atoms with E-state index < -0.39 is 0 Å². The van der Waals surface area contributed by atoms with Crippen molar-refractivity contribution < 1.29 is 9.53 Å². The highest BCUT2D eigenvalue weighted by atomic mass is 16.5. The minimum atomic E-state index is 0.0563. The summed E-state index contributed by atoms with van der Waals surface area (Å²) in [6.07, 6.45) is 3.80. The molecule has 1 atom stereocenters. The van der Waals surface area contributed by atoms with Crippen LogP contribution in [0.2, 0.25) is 0 Å². The summed E-state index contributed by atoms with van der Waals surface area (Å²) < 4.78 is 9.32. The van der Waals surface area contributed by atoms with Crippen molar-refractivity contribution in [1.82, 2.24) is 19.2 Å². The third-order valence-corrected chi connectivity index (χ3v) is 4.29. The predicted molar refractivity (Wildman–Crippen MR) is 82.6 cm³/mol. The Kier molecular flexibility index (Phi) is 4.02. The first-order valence-electron chi connectivity index (χ1n) is 7.61. The molecule has 118 valence electrons. The van der Waals surface area contributed by atoms with Crippen LogP contribution in [0.25, 0.3) is 0 Å². The molecule has 0 N–H and O–H groups in total. The Labute approximate surface area is 130 Å². The zero-order valence-corrected chi connectivity index (χ0v) is 13.3. The molecule has 22 heavy (non-hydrogen) atoms. The Hall–Kier alpha value is -2.08. The number of fused-ring (bicyclic) bond motifs is 1. The predicted octanol–water partition coefficient (Wildman–Crippen LogP) is 1.53. The third-order valence-electron chi connectivity index (χ3n) is 4.29. The molecule has 1 amide bonds. The van der Waals surface area contributed by atoms with Crippen LogP contribution < -0.4 is 0 Å². The van der Waals surface area contributed by atoms with E-state index in [1.165, 1.54) is 5.56 Å². The Balaban J connectivity index is 1.87. The van der Waals surface area contributed by atoms with Crippen LogP contribution in [0.15, 0.2) is 24.5 Å². The molecule has 6 heteroatoms. The van der Waals surface area contributed by atoms with Gasteiger partial charge in [-0.15, -0.1) is 0 Å². The van der Waals surface area contributed by atoms with Gasteiger partial charge < -0.3 is 14.2 Å². The molecule has 3 rings (SSSR count). The number of carbonyl (C=O) groups excluding carboxylic acids is 1. The van der Waals surface area contributed by atoms with Gasteiger partial charge in [0.05, 0.1) is 25.0 Å². The van der Waals surface area contributed by atoms with E-state index in [9.17, 15) is 4.79 Å². The summed E-state index contributed by atoms with van der Waals surface area (Å²) in [7, 11) is 3.82. The van der Waals surface area contributed by atoms with Gasteiger partial charge in [-0.3, -0.25) is 9.48 Å².